The van der Waals surface area contributed by atoms with Gasteiger partial charge < -0.3 is 19.5 Å². The zero-order valence-corrected chi connectivity index (χ0v) is 13.8. The van der Waals surface area contributed by atoms with Crippen molar-refractivity contribution in [2.45, 2.75) is 50.9 Å². The molecule has 116 valence electrons. The molecule has 21 heavy (non-hydrogen) atoms. The van der Waals surface area contributed by atoms with Crippen molar-refractivity contribution in [3.8, 4) is 5.75 Å². The first kappa shape index (κ1) is 15.1. The first-order valence-corrected chi connectivity index (χ1v) is 8.01. The molecular weight excluding hydrogens is 338 g/mol. The number of halogens is 1. The lowest BCUT2D eigenvalue weighted by Gasteiger charge is -2.55. The molecule has 0 radical (unpaired) electrons. The molecule has 6 heteroatoms. The number of pyridine rings is 1. The van der Waals surface area contributed by atoms with Crippen LogP contribution in [-0.4, -0.2) is 27.5 Å². The summed E-state index contributed by atoms with van der Waals surface area (Å²) in [5, 5.41) is 22.0. The number of hydrogen-bond acceptors (Lipinski definition) is 4. The molecule has 1 fully saturated rings. The molecule has 0 aromatic carbocycles. The highest BCUT2D eigenvalue weighted by atomic mass is 79.9. The van der Waals surface area contributed by atoms with E-state index in [1.807, 2.05) is 6.92 Å². The molecule has 1 aliphatic heterocycles. The Morgan fingerprint density at radius 3 is 2.76 bits per heavy atom. The molecule has 1 saturated carbocycles. The van der Waals surface area contributed by atoms with Crippen molar-refractivity contribution in [3.05, 3.63) is 26.6 Å². The van der Waals surface area contributed by atoms with Crippen molar-refractivity contribution < 1.29 is 14.9 Å². The number of aromatic nitrogens is 1. The van der Waals surface area contributed by atoms with E-state index in [9.17, 15) is 15.0 Å². The van der Waals surface area contributed by atoms with Crippen molar-refractivity contribution in [1.29, 1.82) is 0 Å². The van der Waals surface area contributed by atoms with Crippen LogP contribution in [0.2, 0.25) is 0 Å². The largest absolute Gasteiger partial charge is 0.491 e. The summed E-state index contributed by atoms with van der Waals surface area (Å²) in [7, 11) is 1.43. The summed E-state index contributed by atoms with van der Waals surface area (Å²) < 4.78 is 7.37. The van der Waals surface area contributed by atoms with Gasteiger partial charge in [0.25, 0.3) is 0 Å². The molecule has 0 bridgehead atoms. The Hall–Kier alpha value is -0.850. The Balaban J connectivity index is 2.26. The second-order valence-corrected chi connectivity index (χ2v) is 7.27. The van der Waals surface area contributed by atoms with Crippen LogP contribution in [0.5, 0.6) is 5.75 Å². The molecule has 0 saturated heterocycles. The third kappa shape index (κ3) is 1.92. The lowest BCUT2D eigenvalue weighted by atomic mass is 9.59. The van der Waals surface area contributed by atoms with Crippen LogP contribution in [0.25, 0.3) is 0 Å². The molecule has 5 nitrogen and oxygen atoms in total. The molecule has 0 amide bonds. The SMILES string of the molecule is COc1c2n(cc(Br)c1=O)CC1(O)CCCCC1(C)C2O. The van der Waals surface area contributed by atoms with Crippen molar-refractivity contribution in [1.82, 2.24) is 4.57 Å². The highest BCUT2D eigenvalue weighted by molar-refractivity contribution is 9.10. The minimum absolute atomic E-state index is 0.158. The van der Waals surface area contributed by atoms with Crippen LogP contribution in [0.3, 0.4) is 0 Å². The Morgan fingerprint density at radius 2 is 2.10 bits per heavy atom. The van der Waals surface area contributed by atoms with E-state index in [0.717, 1.165) is 19.3 Å². The van der Waals surface area contributed by atoms with E-state index in [2.05, 4.69) is 15.9 Å². The summed E-state index contributed by atoms with van der Waals surface area (Å²) in [5.74, 6) is 0.158. The lowest BCUT2D eigenvalue weighted by Crippen LogP contribution is -2.58. The Kier molecular flexibility index (Phi) is 3.46. The van der Waals surface area contributed by atoms with Crippen LogP contribution < -0.4 is 10.2 Å². The second-order valence-electron chi connectivity index (χ2n) is 6.41. The third-order valence-corrected chi connectivity index (χ3v) is 5.90. The van der Waals surface area contributed by atoms with Crippen molar-refractivity contribution in [2.75, 3.05) is 7.11 Å². The molecule has 2 aliphatic rings. The number of aliphatic hydroxyl groups excluding tert-OH is 1. The first-order chi connectivity index (χ1) is 9.84. The fourth-order valence-electron chi connectivity index (χ4n) is 3.89. The molecule has 1 aromatic rings. The minimum atomic E-state index is -0.961. The van der Waals surface area contributed by atoms with Gasteiger partial charge in [-0.05, 0) is 28.8 Å². The predicted octanol–water partition coefficient (Wildman–Crippen LogP) is 1.98. The molecule has 0 spiro atoms. The van der Waals surface area contributed by atoms with Gasteiger partial charge in [-0.3, -0.25) is 4.79 Å². The van der Waals surface area contributed by atoms with Gasteiger partial charge in [0.15, 0.2) is 5.75 Å². The standard InChI is InChI=1S/C15H20BrNO4/c1-14-5-3-4-6-15(14,20)8-17-7-9(16)11(18)12(21-2)10(17)13(14)19/h7,13,19-20H,3-6,8H2,1-2H3. The number of rotatable bonds is 1. The summed E-state index contributed by atoms with van der Waals surface area (Å²) in [6.45, 7) is 2.28. The van der Waals surface area contributed by atoms with E-state index < -0.39 is 17.1 Å². The molecular formula is C15H20BrNO4. The third-order valence-electron chi connectivity index (χ3n) is 5.33. The summed E-state index contributed by atoms with van der Waals surface area (Å²) in [5.41, 5.74) is -1.41. The quantitative estimate of drug-likeness (QED) is 0.805. The highest BCUT2D eigenvalue weighted by Crippen LogP contribution is 2.56. The van der Waals surface area contributed by atoms with E-state index >= 15 is 0 Å². The van der Waals surface area contributed by atoms with Crippen molar-refractivity contribution in [2.24, 2.45) is 5.41 Å². The van der Waals surface area contributed by atoms with Gasteiger partial charge in [0.2, 0.25) is 5.43 Å². The molecule has 3 rings (SSSR count). The van der Waals surface area contributed by atoms with Crippen molar-refractivity contribution >= 4 is 15.9 Å². The number of hydrogen-bond donors (Lipinski definition) is 2. The van der Waals surface area contributed by atoms with E-state index in [1.54, 1.807) is 10.8 Å². The Labute approximate surface area is 131 Å². The molecule has 2 N–H and O–H groups in total. The van der Waals surface area contributed by atoms with Crippen molar-refractivity contribution in [3.63, 3.8) is 0 Å². The predicted molar refractivity (Wildman–Crippen MR) is 81.4 cm³/mol. The van der Waals surface area contributed by atoms with E-state index in [0.29, 0.717) is 23.1 Å². The van der Waals surface area contributed by atoms with Gasteiger partial charge >= 0.3 is 0 Å². The van der Waals surface area contributed by atoms with Gasteiger partial charge in [-0.2, -0.15) is 0 Å². The van der Waals surface area contributed by atoms with Gasteiger partial charge in [0, 0.05) is 11.6 Å². The number of nitrogens with zero attached hydrogens (tertiary/aromatic N) is 1. The maximum Gasteiger partial charge on any atom is 0.237 e. The summed E-state index contributed by atoms with van der Waals surface area (Å²) in [6, 6.07) is 0. The number of aliphatic hydroxyl groups is 2. The number of fused-ring (bicyclic) bond motifs is 2. The highest BCUT2D eigenvalue weighted by Gasteiger charge is 2.57. The van der Waals surface area contributed by atoms with Gasteiger partial charge in [-0.1, -0.05) is 19.8 Å². The maximum atomic E-state index is 12.2. The maximum absolute atomic E-state index is 12.2. The molecule has 1 aromatic heterocycles. The lowest BCUT2D eigenvalue weighted by molar-refractivity contribution is -0.186. The fourth-order valence-corrected chi connectivity index (χ4v) is 4.32. The summed E-state index contributed by atoms with van der Waals surface area (Å²) >= 11 is 3.23. The van der Waals surface area contributed by atoms with Crippen LogP contribution >= 0.6 is 15.9 Å². The zero-order chi connectivity index (χ0) is 15.4. The fraction of sp³-hybridized carbons (Fsp3) is 0.667. The number of methoxy groups -OCH3 is 1. The van der Waals surface area contributed by atoms with Gasteiger partial charge in [-0.25, -0.2) is 0 Å². The van der Waals surface area contributed by atoms with Gasteiger partial charge in [0.05, 0.1) is 29.4 Å². The van der Waals surface area contributed by atoms with Crippen LogP contribution in [0.1, 0.15) is 44.4 Å². The topological polar surface area (TPSA) is 71.7 Å². The number of ether oxygens (including phenoxy) is 1. The van der Waals surface area contributed by atoms with Crippen LogP contribution in [0, 0.1) is 5.41 Å². The van der Waals surface area contributed by atoms with Crippen LogP contribution in [0.15, 0.2) is 15.5 Å². The van der Waals surface area contributed by atoms with Gasteiger partial charge in [0.1, 0.15) is 6.10 Å². The zero-order valence-electron chi connectivity index (χ0n) is 12.2. The average molecular weight is 358 g/mol. The normalized spacial score (nSPS) is 35.0. The first-order valence-electron chi connectivity index (χ1n) is 7.21. The second kappa shape index (κ2) is 4.83. The van der Waals surface area contributed by atoms with Gasteiger partial charge in [-0.15, -0.1) is 0 Å². The molecule has 2 heterocycles. The van der Waals surface area contributed by atoms with Crippen LogP contribution in [-0.2, 0) is 6.54 Å². The summed E-state index contributed by atoms with van der Waals surface area (Å²) in [4.78, 5) is 12.2. The monoisotopic (exact) mass is 357 g/mol. The molecule has 3 unspecified atom stereocenters. The van der Waals surface area contributed by atoms with E-state index in [1.165, 1.54) is 7.11 Å². The van der Waals surface area contributed by atoms with E-state index in [-0.39, 0.29) is 11.2 Å². The Morgan fingerprint density at radius 1 is 1.43 bits per heavy atom. The Bertz CT molecular complexity index is 643. The minimum Gasteiger partial charge on any atom is -0.491 e. The molecule has 1 aliphatic carbocycles. The average Bonchev–Trinajstić information content (AvgIpc) is 2.44. The van der Waals surface area contributed by atoms with Crippen LogP contribution in [0.4, 0.5) is 0 Å². The smallest absolute Gasteiger partial charge is 0.237 e. The van der Waals surface area contributed by atoms with E-state index in [4.69, 9.17) is 4.74 Å². The summed E-state index contributed by atoms with van der Waals surface area (Å²) in [6.07, 6.45) is 4.03. The molecule has 3 atom stereocenters.